The van der Waals surface area contributed by atoms with Gasteiger partial charge in [-0.05, 0) is 31.2 Å². The Hall–Kier alpha value is -2.87. The summed E-state index contributed by atoms with van der Waals surface area (Å²) in [6.45, 7) is 5.70. The SMILES string of the molecule is CCn1ccnc(N(C)CC(=O)Nc2ccc(N3CCOCC3)cc2)c1=O. The molecule has 1 amide bonds. The Kier molecular flexibility index (Phi) is 6.08. The number of carbonyl (C=O) groups excluding carboxylic acids is 1. The summed E-state index contributed by atoms with van der Waals surface area (Å²) < 4.78 is 6.92. The number of hydrogen-bond donors (Lipinski definition) is 1. The molecule has 1 N–H and O–H groups in total. The summed E-state index contributed by atoms with van der Waals surface area (Å²) in [6.07, 6.45) is 3.20. The van der Waals surface area contributed by atoms with Crippen LogP contribution in [-0.2, 0) is 16.1 Å². The highest BCUT2D eigenvalue weighted by Crippen LogP contribution is 2.19. The van der Waals surface area contributed by atoms with Gasteiger partial charge in [0.15, 0.2) is 5.82 Å². The van der Waals surface area contributed by atoms with E-state index in [2.05, 4.69) is 15.2 Å². The van der Waals surface area contributed by atoms with E-state index in [1.54, 1.807) is 28.9 Å². The van der Waals surface area contributed by atoms with Crippen molar-refractivity contribution in [1.82, 2.24) is 9.55 Å². The number of likely N-dealkylation sites (N-methyl/N-ethyl adjacent to an activating group) is 1. The number of aryl methyl sites for hydroxylation is 1. The molecule has 1 saturated heterocycles. The fourth-order valence-corrected chi connectivity index (χ4v) is 3.01. The van der Waals surface area contributed by atoms with E-state index in [0.717, 1.165) is 37.7 Å². The monoisotopic (exact) mass is 371 g/mol. The highest BCUT2D eigenvalue weighted by molar-refractivity contribution is 5.94. The van der Waals surface area contributed by atoms with Crippen LogP contribution in [0.15, 0.2) is 41.5 Å². The number of anilines is 3. The molecule has 27 heavy (non-hydrogen) atoms. The summed E-state index contributed by atoms with van der Waals surface area (Å²) in [7, 11) is 1.69. The first-order valence-corrected chi connectivity index (χ1v) is 9.07. The molecule has 0 atom stereocenters. The molecule has 1 aromatic carbocycles. The molecule has 0 spiro atoms. The number of ether oxygens (including phenoxy) is 1. The molecule has 1 fully saturated rings. The van der Waals surface area contributed by atoms with E-state index in [4.69, 9.17) is 4.74 Å². The van der Waals surface area contributed by atoms with Crippen LogP contribution in [0.4, 0.5) is 17.2 Å². The minimum atomic E-state index is -0.204. The van der Waals surface area contributed by atoms with Gasteiger partial charge < -0.3 is 24.4 Å². The first-order chi connectivity index (χ1) is 13.1. The van der Waals surface area contributed by atoms with Crippen LogP contribution in [0.2, 0.25) is 0 Å². The lowest BCUT2D eigenvalue weighted by Crippen LogP contribution is -2.36. The Balaban J connectivity index is 1.59. The van der Waals surface area contributed by atoms with Crippen molar-refractivity contribution in [3.63, 3.8) is 0 Å². The number of carbonyl (C=O) groups is 1. The van der Waals surface area contributed by atoms with Crippen LogP contribution in [0.5, 0.6) is 0 Å². The first kappa shape index (κ1) is 18.9. The van der Waals surface area contributed by atoms with Gasteiger partial charge in [0.1, 0.15) is 0 Å². The lowest BCUT2D eigenvalue weighted by Gasteiger charge is -2.28. The second-order valence-electron chi connectivity index (χ2n) is 6.39. The molecule has 2 aromatic rings. The molecule has 1 aliphatic rings. The molecular formula is C19H25N5O3. The molecule has 2 heterocycles. The topological polar surface area (TPSA) is 79.7 Å². The maximum atomic E-state index is 12.3. The van der Waals surface area contributed by atoms with Crippen LogP contribution in [0, 0.1) is 0 Å². The van der Waals surface area contributed by atoms with Crippen molar-refractivity contribution in [1.29, 1.82) is 0 Å². The Bertz CT molecular complexity index is 828. The van der Waals surface area contributed by atoms with Crippen molar-refractivity contribution in [3.8, 4) is 0 Å². The standard InChI is InChI=1S/C19H25N5O3/c1-3-23-9-8-20-18(19(23)26)22(2)14-17(25)21-15-4-6-16(7-5-15)24-10-12-27-13-11-24/h4-9H,3,10-14H2,1-2H3,(H,21,25). The molecule has 8 nitrogen and oxygen atoms in total. The van der Waals surface area contributed by atoms with Crippen LogP contribution < -0.4 is 20.7 Å². The molecule has 0 saturated carbocycles. The van der Waals surface area contributed by atoms with E-state index in [-0.39, 0.29) is 23.8 Å². The number of rotatable bonds is 6. The van der Waals surface area contributed by atoms with Crippen LogP contribution in [-0.4, -0.2) is 55.4 Å². The first-order valence-electron chi connectivity index (χ1n) is 9.07. The highest BCUT2D eigenvalue weighted by atomic mass is 16.5. The van der Waals surface area contributed by atoms with Gasteiger partial charge in [-0.15, -0.1) is 0 Å². The van der Waals surface area contributed by atoms with Crippen molar-refractivity contribution in [2.75, 3.05) is 55.0 Å². The summed E-state index contributed by atoms with van der Waals surface area (Å²) in [4.78, 5) is 32.5. The van der Waals surface area contributed by atoms with Gasteiger partial charge in [0.05, 0.1) is 19.8 Å². The highest BCUT2D eigenvalue weighted by Gasteiger charge is 2.14. The minimum Gasteiger partial charge on any atom is -0.378 e. The fourth-order valence-electron chi connectivity index (χ4n) is 3.01. The maximum absolute atomic E-state index is 12.3. The van der Waals surface area contributed by atoms with Crippen molar-refractivity contribution in [3.05, 3.63) is 47.0 Å². The van der Waals surface area contributed by atoms with E-state index in [9.17, 15) is 9.59 Å². The number of hydrogen-bond acceptors (Lipinski definition) is 6. The lowest BCUT2D eigenvalue weighted by molar-refractivity contribution is -0.114. The molecule has 1 aromatic heterocycles. The third kappa shape index (κ3) is 4.65. The average molecular weight is 371 g/mol. The normalized spacial score (nSPS) is 14.1. The van der Waals surface area contributed by atoms with Crippen molar-refractivity contribution >= 4 is 23.1 Å². The zero-order chi connectivity index (χ0) is 19.2. The zero-order valence-electron chi connectivity index (χ0n) is 15.7. The molecule has 0 aliphatic carbocycles. The molecule has 8 heteroatoms. The predicted octanol–water partition coefficient (Wildman–Crippen LogP) is 1.17. The number of nitrogens with zero attached hydrogens (tertiary/aromatic N) is 4. The third-order valence-electron chi connectivity index (χ3n) is 4.51. The summed E-state index contributed by atoms with van der Waals surface area (Å²) in [6, 6.07) is 7.74. The molecule has 3 rings (SSSR count). The zero-order valence-corrected chi connectivity index (χ0v) is 15.7. The summed E-state index contributed by atoms with van der Waals surface area (Å²) in [5.74, 6) is 0.0573. The van der Waals surface area contributed by atoms with E-state index < -0.39 is 0 Å². The Labute approximate surface area is 158 Å². The second-order valence-corrected chi connectivity index (χ2v) is 6.39. The number of nitrogens with one attached hydrogen (secondary N) is 1. The van der Waals surface area contributed by atoms with Crippen molar-refractivity contribution in [2.24, 2.45) is 0 Å². The van der Waals surface area contributed by atoms with Crippen LogP contribution in [0.1, 0.15) is 6.92 Å². The van der Waals surface area contributed by atoms with Crippen LogP contribution in [0.25, 0.3) is 0 Å². The van der Waals surface area contributed by atoms with Gasteiger partial charge in [-0.1, -0.05) is 0 Å². The maximum Gasteiger partial charge on any atom is 0.293 e. The van der Waals surface area contributed by atoms with Gasteiger partial charge in [0, 0.05) is 50.5 Å². The van der Waals surface area contributed by atoms with Crippen LogP contribution in [0.3, 0.4) is 0 Å². The minimum absolute atomic E-state index is 0.0428. The molecular weight excluding hydrogens is 346 g/mol. The molecule has 1 aliphatic heterocycles. The van der Waals surface area contributed by atoms with E-state index >= 15 is 0 Å². The fraction of sp³-hybridized carbons (Fsp3) is 0.421. The quantitative estimate of drug-likeness (QED) is 0.821. The molecule has 0 unspecified atom stereocenters. The van der Waals surface area contributed by atoms with Gasteiger partial charge in [0.25, 0.3) is 5.56 Å². The number of benzene rings is 1. The predicted molar refractivity (Wildman–Crippen MR) is 106 cm³/mol. The van der Waals surface area contributed by atoms with Gasteiger partial charge >= 0.3 is 0 Å². The second kappa shape index (κ2) is 8.68. The Morgan fingerprint density at radius 2 is 1.96 bits per heavy atom. The Morgan fingerprint density at radius 1 is 1.26 bits per heavy atom. The van der Waals surface area contributed by atoms with E-state index in [0.29, 0.717) is 6.54 Å². The summed E-state index contributed by atoms with van der Waals surface area (Å²) >= 11 is 0. The lowest BCUT2D eigenvalue weighted by atomic mass is 10.2. The van der Waals surface area contributed by atoms with Crippen molar-refractivity contribution in [2.45, 2.75) is 13.5 Å². The smallest absolute Gasteiger partial charge is 0.293 e. The summed E-state index contributed by atoms with van der Waals surface area (Å²) in [5.41, 5.74) is 1.63. The average Bonchev–Trinajstić information content (AvgIpc) is 2.69. The van der Waals surface area contributed by atoms with E-state index in [1.165, 1.54) is 0 Å². The van der Waals surface area contributed by atoms with Gasteiger partial charge in [-0.25, -0.2) is 4.98 Å². The number of morpholine rings is 1. The summed E-state index contributed by atoms with van der Waals surface area (Å²) in [5, 5.41) is 2.86. The van der Waals surface area contributed by atoms with E-state index in [1.807, 2.05) is 31.2 Å². The third-order valence-corrected chi connectivity index (χ3v) is 4.51. The van der Waals surface area contributed by atoms with Crippen molar-refractivity contribution < 1.29 is 9.53 Å². The number of amides is 1. The van der Waals surface area contributed by atoms with Gasteiger partial charge in [-0.3, -0.25) is 9.59 Å². The number of aromatic nitrogens is 2. The Morgan fingerprint density at radius 3 is 2.63 bits per heavy atom. The van der Waals surface area contributed by atoms with Crippen LogP contribution >= 0.6 is 0 Å². The van der Waals surface area contributed by atoms with Gasteiger partial charge in [0.2, 0.25) is 5.91 Å². The largest absolute Gasteiger partial charge is 0.378 e. The molecule has 0 bridgehead atoms. The molecule has 0 radical (unpaired) electrons. The molecule has 144 valence electrons. The van der Waals surface area contributed by atoms with Gasteiger partial charge in [-0.2, -0.15) is 0 Å².